The van der Waals surface area contributed by atoms with E-state index in [-0.39, 0.29) is 6.42 Å². The van der Waals surface area contributed by atoms with Crippen molar-refractivity contribution in [3.8, 4) is 0 Å². The van der Waals surface area contributed by atoms with Gasteiger partial charge in [-0.05, 0) is 42.9 Å². The molecule has 1 aromatic rings. The Labute approximate surface area is 130 Å². The molecular formula is C15H17BrClF3. The lowest BCUT2D eigenvalue weighted by molar-refractivity contribution is -0.196. The molecule has 1 aromatic carbocycles. The Kier molecular flexibility index (Phi) is 5.41. The van der Waals surface area contributed by atoms with Crippen LogP contribution in [-0.2, 0) is 6.42 Å². The minimum absolute atomic E-state index is 0.218. The van der Waals surface area contributed by atoms with Gasteiger partial charge in [0, 0.05) is 9.85 Å². The third-order valence-electron chi connectivity index (χ3n) is 4.02. The predicted octanol–water partition coefficient (Wildman–Crippen LogP) is 5.97. The maximum atomic E-state index is 13.1. The summed E-state index contributed by atoms with van der Waals surface area (Å²) in [5.41, 5.74) is 0.978. The summed E-state index contributed by atoms with van der Waals surface area (Å²) >= 11 is 9.70. The molecule has 0 N–H and O–H groups in total. The van der Waals surface area contributed by atoms with Crippen LogP contribution in [0.15, 0.2) is 28.7 Å². The van der Waals surface area contributed by atoms with Gasteiger partial charge in [-0.25, -0.2) is 0 Å². The van der Waals surface area contributed by atoms with Crippen molar-refractivity contribution in [2.45, 2.75) is 43.7 Å². The van der Waals surface area contributed by atoms with E-state index in [2.05, 4.69) is 15.9 Å². The zero-order chi connectivity index (χ0) is 14.8. The highest BCUT2D eigenvalue weighted by molar-refractivity contribution is 9.10. The molecule has 112 valence electrons. The van der Waals surface area contributed by atoms with Crippen LogP contribution in [0.1, 0.15) is 31.2 Å². The van der Waals surface area contributed by atoms with Gasteiger partial charge in [-0.2, -0.15) is 13.2 Å². The van der Waals surface area contributed by atoms with Crippen molar-refractivity contribution < 1.29 is 13.2 Å². The van der Waals surface area contributed by atoms with E-state index in [9.17, 15) is 13.2 Å². The number of alkyl halides is 4. The molecule has 5 heteroatoms. The van der Waals surface area contributed by atoms with Gasteiger partial charge in [0.1, 0.15) is 0 Å². The van der Waals surface area contributed by atoms with Crippen molar-refractivity contribution in [3.05, 3.63) is 34.3 Å². The molecule has 0 aliphatic heterocycles. The molecule has 1 saturated carbocycles. The van der Waals surface area contributed by atoms with E-state index >= 15 is 0 Å². The molecule has 1 aliphatic carbocycles. The smallest absolute Gasteiger partial charge is 0.171 e. The van der Waals surface area contributed by atoms with E-state index in [0.29, 0.717) is 19.3 Å². The lowest BCUT2D eigenvalue weighted by Gasteiger charge is -2.35. The summed E-state index contributed by atoms with van der Waals surface area (Å²) in [6, 6.07) is 7.60. The molecule has 20 heavy (non-hydrogen) atoms. The van der Waals surface area contributed by atoms with Crippen molar-refractivity contribution in [2.75, 3.05) is 0 Å². The van der Waals surface area contributed by atoms with Crippen molar-refractivity contribution in [3.63, 3.8) is 0 Å². The summed E-state index contributed by atoms with van der Waals surface area (Å²) in [6.07, 6.45) is -1.35. The molecule has 1 aliphatic rings. The van der Waals surface area contributed by atoms with Gasteiger partial charge in [0.2, 0.25) is 0 Å². The molecule has 1 fully saturated rings. The van der Waals surface area contributed by atoms with Crippen LogP contribution < -0.4 is 0 Å². The average Bonchev–Trinajstić information content (AvgIpc) is 2.37. The van der Waals surface area contributed by atoms with E-state index in [4.69, 9.17) is 11.6 Å². The summed E-state index contributed by atoms with van der Waals surface area (Å²) in [7, 11) is 0. The lowest BCUT2D eigenvalue weighted by atomic mass is 9.75. The first-order valence-corrected chi connectivity index (χ1v) is 8.06. The van der Waals surface area contributed by atoms with Crippen LogP contribution in [0.25, 0.3) is 0 Å². The van der Waals surface area contributed by atoms with E-state index in [1.807, 2.05) is 24.3 Å². The van der Waals surface area contributed by atoms with Crippen molar-refractivity contribution >= 4 is 27.5 Å². The van der Waals surface area contributed by atoms with Crippen molar-refractivity contribution in [1.29, 1.82) is 0 Å². The highest BCUT2D eigenvalue weighted by Crippen LogP contribution is 2.44. The fourth-order valence-corrected chi connectivity index (χ4v) is 3.97. The zero-order valence-electron chi connectivity index (χ0n) is 11.0. The van der Waals surface area contributed by atoms with Gasteiger partial charge in [-0.15, -0.1) is 11.6 Å². The Morgan fingerprint density at radius 2 is 1.95 bits per heavy atom. The molecule has 0 saturated heterocycles. The Bertz CT molecular complexity index is 447. The first-order valence-electron chi connectivity index (χ1n) is 6.83. The van der Waals surface area contributed by atoms with E-state index < -0.39 is 23.4 Å². The normalized spacial score (nSPS) is 25.4. The third kappa shape index (κ3) is 4.14. The molecule has 0 spiro atoms. The number of hydrogen-bond donors (Lipinski definition) is 0. The maximum Gasteiger partial charge on any atom is 0.392 e. The van der Waals surface area contributed by atoms with Gasteiger partial charge in [0.25, 0.3) is 0 Å². The molecule has 0 bridgehead atoms. The molecule has 3 atom stereocenters. The van der Waals surface area contributed by atoms with E-state index in [0.717, 1.165) is 16.5 Å². The molecule has 0 nitrogen and oxygen atoms in total. The molecule has 0 radical (unpaired) electrons. The van der Waals surface area contributed by atoms with Crippen LogP contribution in [0, 0.1) is 11.8 Å². The van der Waals surface area contributed by atoms with Crippen LogP contribution in [-0.4, -0.2) is 11.6 Å². The van der Waals surface area contributed by atoms with Crippen LogP contribution in [0.4, 0.5) is 13.2 Å². The third-order valence-corrected chi connectivity index (χ3v) is 5.00. The molecule has 2 rings (SSSR count). The predicted molar refractivity (Wildman–Crippen MR) is 79.0 cm³/mol. The number of benzene rings is 1. The second-order valence-corrected chi connectivity index (χ2v) is 6.92. The second kappa shape index (κ2) is 6.69. The van der Waals surface area contributed by atoms with Gasteiger partial charge in [-0.1, -0.05) is 40.9 Å². The largest absolute Gasteiger partial charge is 0.392 e. The number of hydrogen-bond acceptors (Lipinski definition) is 0. The first-order chi connectivity index (χ1) is 9.38. The molecule has 3 unspecified atom stereocenters. The first kappa shape index (κ1) is 16.2. The van der Waals surface area contributed by atoms with Gasteiger partial charge in [0.15, 0.2) is 0 Å². The van der Waals surface area contributed by atoms with Crippen molar-refractivity contribution in [1.82, 2.24) is 0 Å². The van der Waals surface area contributed by atoms with E-state index in [1.54, 1.807) is 0 Å². The highest BCUT2D eigenvalue weighted by atomic mass is 79.9. The fourth-order valence-electron chi connectivity index (χ4n) is 3.04. The van der Waals surface area contributed by atoms with Gasteiger partial charge >= 0.3 is 6.18 Å². The Morgan fingerprint density at radius 3 is 2.60 bits per heavy atom. The quantitative estimate of drug-likeness (QED) is 0.576. The number of halogens is 5. The Morgan fingerprint density at radius 1 is 1.25 bits per heavy atom. The highest BCUT2D eigenvalue weighted by Gasteiger charge is 2.47. The lowest BCUT2D eigenvalue weighted by Crippen LogP contribution is -2.38. The maximum absolute atomic E-state index is 13.1. The average molecular weight is 370 g/mol. The Hall–Kier alpha value is -0.220. The minimum Gasteiger partial charge on any atom is -0.171 e. The molecular weight excluding hydrogens is 353 g/mol. The molecule has 0 amide bonds. The van der Waals surface area contributed by atoms with Crippen molar-refractivity contribution in [2.24, 2.45) is 11.8 Å². The summed E-state index contributed by atoms with van der Waals surface area (Å²) in [4.78, 5) is 0. The van der Waals surface area contributed by atoms with Crippen LogP contribution >= 0.6 is 27.5 Å². The summed E-state index contributed by atoms with van der Waals surface area (Å²) in [5, 5.41) is -0.462. The summed E-state index contributed by atoms with van der Waals surface area (Å²) in [5.74, 6) is -1.71. The standard InChI is InChI=1S/C15H17BrClF3/c16-11-5-3-4-10(8-11)9-14(17)12-6-1-2-7-13(12)15(18,19)20/h3-5,8,12-14H,1-2,6-7,9H2. The minimum atomic E-state index is -4.13. The fraction of sp³-hybridized carbons (Fsp3) is 0.600. The molecule has 0 heterocycles. The van der Waals surface area contributed by atoms with Gasteiger partial charge in [0.05, 0.1) is 5.92 Å². The zero-order valence-corrected chi connectivity index (χ0v) is 13.3. The SMILES string of the molecule is FC(F)(F)C1CCCCC1C(Cl)Cc1cccc(Br)c1. The van der Waals surface area contributed by atoms with Crippen LogP contribution in [0.5, 0.6) is 0 Å². The second-order valence-electron chi connectivity index (χ2n) is 5.45. The van der Waals surface area contributed by atoms with Crippen LogP contribution in [0.2, 0.25) is 0 Å². The van der Waals surface area contributed by atoms with Gasteiger partial charge < -0.3 is 0 Å². The number of rotatable bonds is 3. The summed E-state index contributed by atoms with van der Waals surface area (Å²) in [6.45, 7) is 0. The van der Waals surface area contributed by atoms with Crippen LogP contribution in [0.3, 0.4) is 0 Å². The summed E-state index contributed by atoms with van der Waals surface area (Å²) < 4.78 is 40.2. The topological polar surface area (TPSA) is 0 Å². The monoisotopic (exact) mass is 368 g/mol. The molecule has 0 aromatic heterocycles. The van der Waals surface area contributed by atoms with E-state index in [1.165, 1.54) is 0 Å². The van der Waals surface area contributed by atoms with Gasteiger partial charge in [-0.3, -0.25) is 0 Å². The Balaban J connectivity index is 2.08.